The molecule has 98 valence electrons. The fraction of sp³-hybridized carbons (Fsp3) is 0.500. The molecule has 1 saturated heterocycles. The molecule has 1 fully saturated rings. The number of benzene rings is 1. The lowest BCUT2D eigenvalue weighted by Gasteiger charge is -2.38. The van der Waals surface area contributed by atoms with Crippen molar-refractivity contribution in [3.63, 3.8) is 0 Å². The van der Waals surface area contributed by atoms with Gasteiger partial charge in [-0.3, -0.25) is 9.80 Å². The number of nitrogen functional groups attached to an aromatic ring is 1. The van der Waals surface area contributed by atoms with E-state index in [4.69, 9.17) is 5.73 Å². The number of carbonyl (C=O) groups is 1. The molecule has 18 heavy (non-hydrogen) atoms. The SMILES string of the molecule is CCN1CCN(Cc2ccc(N)cc2)CC1C=O. The van der Waals surface area contributed by atoms with E-state index in [0.717, 1.165) is 44.7 Å². The van der Waals surface area contributed by atoms with Crippen LogP contribution in [0.25, 0.3) is 0 Å². The van der Waals surface area contributed by atoms with Gasteiger partial charge in [0.2, 0.25) is 0 Å². The van der Waals surface area contributed by atoms with Gasteiger partial charge in [-0.1, -0.05) is 19.1 Å². The molecule has 1 atom stereocenters. The van der Waals surface area contributed by atoms with Gasteiger partial charge in [0.15, 0.2) is 0 Å². The minimum Gasteiger partial charge on any atom is -0.399 e. The molecule has 0 amide bonds. The zero-order valence-corrected chi connectivity index (χ0v) is 10.9. The highest BCUT2D eigenvalue weighted by Crippen LogP contribution is 2.13. The van der Waals surface area contributed by atoms with Crippen molar-refractivity contribution >= 4 is 12.0 Å². The molecule has 0 bridgehead atoms. The van der Waals surface area contributed by atoms with Crippen molar-refractivity contribution < 1.29 is 4.79 Å². The van der Waals surface area contributed by atoms with Crippen molar-refractivity contribution in [2.45, 2.75) is 19.5 Å². The summed E-state index contributed by atoms with van der Waals surface area (Å²) in [7, 11) is 0. The third kappa shape index (κ3) is 3.09. The van der Waals surface area contributed by atoms with Crippen LogP contribution in [0.3, 0.4) is 0 Å². The zero-order valence-electron chi connectivity index (χ0n) is 10.9. The molecule has 1 unspecified atom stereocenters. The Bertz CT molecular complexity index is 391. The molecule has 2 rings (SSSR count). The normalized spacial score (nSPS) is 21.9. The van der Waals surface area contributed by atoms with E-state index in [1.165, 1.54) is 5.56 Å². The van der Waals surface area contributed by atoms with Gasteiger partial charge >= 0.3 is 0 Å². The van der Waals surface area contributed by atoms with Crippen LogP contribution in [0.15, 0.2) is 24.3 Å². The minimum atomic E-state index is 0.0394. The van der Waals surface area contributed by atoms with E-state index in [9.17, 15) is 4.79 Å². The van der Waals surface area contributed by atoms with Crippen LogP contribution in [0.1, 0.15) is 12.5 Å². The third-order valence-corrected chi connectivity index (χ3v) is 3.57. The van der Waals surface area contributed by atoms with Gasteiger partial charge in [-0.05, 0) is 24.2 Å². The van der Waals surface area contributed by atoms with Crippen molar-refractivity contribution in [2.24, 2.45) is 0 Å². The van der Waals surface area contributed by atoms with Crippen LogP contribution in [0.2, 0.25) is 0 Å². The van der Waals surface area contributed by atoms with Gasteiger partial charge in [0.25, 0.3) is 0 Å². The number of carbonyl (C=O) groups excluding carboxylic acids is 1. The predicted molar refractivity (Wildman–Crippen MR) is 73.2 cm³/mol. The largest absolute Gasteiger partial charge is 0.399 e. The quantitative estimate of drug-likeness (QED) is 0.636. The highest BCUT2D eigenvalue weighted by atomic mass is 16.1. The molecule has 4 heteroatoms. The smallest absolute Gasteiger partial charge is 0.138 e. The van der Waals surface area contributed by atoms with Crippen molar-refractivity contribution in [1.82, 2.24) is 9.80 Å². The first-order chi connectivity index (χ1) is 8.72. The van der Waals surface area contributed by atoms with Crippen LogP contribution in [0.5, 0.6) is 0 Å². The predicted octanol–water partition coefficient (Wildman–Crippen LogP) is 0.974. The van der Waals surface area contributed by atoms with Crippen LogP contribution in [-0.2, 0) is 11.3 Å². The lowest BCUT2D eigenvalue weighted by molar-refractivity contribution is -0.114. The molecule has 0 radical (unpaired) electrons. The number of rotatable bonds is 4. The summed E-state index contributed by atoms with van der Waals surface area (Å²) >= 11 is 0. The van der Waals surface area contributed by atoms with E-state index in [2.05, 4.69) is 28.9 Å². The molecule has 1 aromatic carbocycles. The van der Waals surface area contributed by atoms with Crippen LogP contribution in [-0.4, -0.2) is 48.3 Å². The Morgan fingerprint density at radius 1 is 1.33 bits per heavy atom. The average Bonchev–Trinajstić information content (AvgIpc) is 2.41. The lowest BCUT2D eigenvalue weighted by Crippen LogP contribution is -2.53. The third-order valence-electron chi connectivity index (χ3n) is 3.57. The molecule has 0 aromatic heterocycles. The maximum atomic E-state index is 11.1. The van der Waals surface area contributed by atoms with E-state index < -0.39 is 0 Å². The molecule has 1 aromatic rings. The summed E-state index contributed by atoms with van der Waals surface area (Å²) in [5.41, 5.74) is 7.71. The number of nitrogens with two attached hydrogens (primary N) is 1. The van der Waals surface area contributed by atoms with Crippen LogP contribution >= 0.6 is 0 Å². The Hall–Kier alpha value is -1.39. The Balaban J connectivity index is 1.95. The van der Waals surface area contributed by atoms with Gasteiger partial charge in [0, 0.05) is 31.9 Å². The summed E-state index contributed by atoms with van der Waals surface area (Å²) < 4.78 is 0. The summed E-state index contributed by atoms with van der Waals surface area (Å²) in [5, 5.41) is 0. The number of nitrogens with zero attached hydrogens (tertiary/aromatic N) is 2. The van der Waals surface area contributed by atoms with Crippen LogP contribution in [0, 0.1) is 0 Å². The molecule has 1 heterocycles. The molecular formula is C14H21N3O. The Kier molecular flexibility index (Phi) is 4.33. The molecule has 0 spiro atoms. The molecule has 1 aliphatic rings. The Morgan fingerprint density at radius 2 is 2.06 bits per heavy atom. The second kappa shape index (κ2) is 5.98. The number of likely N-dealkylation sites (N-methyl/N-ethyl adjacent to an activating group) is 1. The maximum absolute atomic E-state index is 11.1. The molecule has 4 nitrogen and oxygen atoms in total. The number of hydrogen-bond acceptors (Lipinski definition) is 4. The fourth-order valence-corrected chi connectivity index (χ4v) is 2.45. The van der Waals surface area contributed by atoms with Gasteiger partial charge < -0.3 is 10.5 Å². The molecule has 0 saturated carbocycles. The van der Waals surface area contributed by atoms with Crippen LogP contribution < -0.4 is 5.73 Å². The van der Waals surface area contributed by atoms with Crippen molar-refractivity contribution in [1.29, 1.82) is 0 Å². The Labute approximate surface area is 108 Å². The minimum absolute atomic E-state index is 0.0394. The van der Waals surface area contributed by atoms with E-state index >= 15 is 0 Å². The summed E-state index contributed by atoms with van der Waals surface area (Å²) in [6, 6.07) is 8.00. The highest BCUT2D eigenvalue weighted by Gasteiger charge is 2.25. The van der Waals surface area contributed by atoms with Gasteiger partial charge in [-0.15, -0.1) is 0 Å². The number of aldehydes is 1. The van der Waals surface area contributed by atoms with Gasteiger partial charge in [-0.25, -0.2) is 0 Å². The van der Waals surface area contributed by atoms with Gasteiger partial charge in [-0.2, -0.15) is 0 Å². The molecule has 2 N–H and O–H groups in total. The zero-order chi connectivity index (χ0) is 13.0. The first-order valence-corrected chi connectivity index (χ1v) is 6.49. The first kappa shape index (κ1) is 13.1. The van der Waals surface area contributed by atoms with Crippen molar-refractivity contribution in [3.05, 3.63) is 29.8 Å². The Morgan fingerprint density at radius 3 is 2.67 bits per heavy atom. The molecular weight excluding hydrogens is 226 g/mol. The second-order valence-electron chi connectivity index (χ2n) is 4.81. The van der Waals surface area contributed by atoms with E-state index in [0.29, 0.717) is 0 Å². The van der Waals surface area contributed by atoms with E-state index in [1.807, 2.05) is 12.1 Å². The average molecular weight is 247 g/mol. The number of anilines is 1. The topological polar surface area (TPSA) is 49.6 Å². The summed E-state index contributed by atoms with van der Waals surface area (Å²) in [6.45, 7) is 6.74. The maximum Gasteiger partial charge on any atom is 0.138 e. The monoisotopic (exact) mass is 247 g/mol. The van der Waals surface area contributed by atoms with E-state index in [-0.39, 0.29) is 6.04 Å². The molecule has 1 aliphatic heterocycles. The fourth-order valence-electron chi connectivity index (χ4n) is 2.45. The molecule has 0 aliphatic carbocycles. The summed E-state index contributed by atoms with van der Waals surface area (Å²) in [5.74, 6) is 0. The number of piperazine rings is 1. The van der Waals surface area contributed by atoms with Crippen molar-refractivity contribution in [2.75, 3.05) is 31.9 Å². The van der Waals surface area contributed by atoms with Gasteiger partial charge in [0.05, 0.1) is 6.04 Å². The van der Waals surface area contributed by atoms with Crippen LogP contribution in [0.4, 0.5) is 5.69 Å². The lowest BCUT2D eigenvalue weighted by atomic mass is 10.1. The second-order valence-corrected chi connectivity index (χ2v) is 4.81. The standard InChI is InChI=1S/C14H21N3O/c1-2-17-8-7-16(10-14(17)11-18)9-12-3-5-13(15)6-4-12/h3-6,11,14H,2,7-10,15H2,1H3. The van der Waals surface area contributed by atoms with E-state index in [1.54, 1.807) is 0 Å². The summed E-state index contributed by atoms with van der Waals surface area (Å²) in [4.78, 5) is 15.6. The van der Waals surface area contributed by atoms with Crippen molar-refractivity contribution in [3.8, 4) is 0 Å². The highest BCUT2D eigenvalue weighted by molar-refractivity contribution is 5.58. The number of hydrogen-bond donors (Lipinski definition) is 1. The van der Waals surface area contributed by atoms with Gasteiger partial charge in [0.1, 0.15) is 6.29 Å². The summed E-state index contributed by atoms with van der Waals surface area (Å²) in [6.07, 6.45) is 1.07. The first-order valence-electron chi connectivity index (χ1n) is 6.49.